The Kier molecular flexibility index (Phi) is 9.25. The first-order valence-electron chi connectivity index (χ1n) is 12.1. The summed E-state index contributed by atoms with van der Waals surface area (Å²) in [4.78, 5) is 61.5. The van der Waals surface area contributed by atoms with E-state index < -0.39 is 71.7 Å². The third-order valence-electron chi connectivity index (χ3n) is 5.89. The molecule has 1 aromatic carbocycles. The van der Waals surface area contributed by atoms with Gasteiger partial charge in [0.1, 0.15) is 24.2 Å². The molecule has 1 aromatic rings. The summed E-state index contributed by atoms with van der Waals surface area (Å²) in [5.74, 6) is -4.57. The van der Waals surface area contributed by atoms with Crippen molar-refractivity contribution in [2.75, 3.05) is 6.61 Å². The number of Topliss-reactive ketones (excluding diaryl/α,β-unsaturated/α-hetero) is 1. The third kappa shape index (κ3) is 6.89. The maximum absolute atomic E-state index is 13.5. The summed E-state index contributed by atoms with van der Waals surface area (Å²) in [7, 11) is 0. The molecule has 2 N–H and O–H groups in total. The van der Waals surface area contributed by atoms with Gasteiger partial charge in [0, 0.05) is 26.3 Å². The quantitative estimate of drug-likeness (QED) is 0.201. The molecular weight excluding hydrogens is 516 g/mol. The van der Waals surface area contributed by atoms with E-state index >= 15 is 0 Å². The van der Waals surface area contributed by atoms with Crippen LogP contribution in [0, 0.1) is 0 Å². The second kappa shape index (κ2) is 12.2. The van der Waals surface area contributed by atoms with Crippen molar-refractivity contribution in [3.05, 3.63) is 46.6 Å². The molecule has 0 saturated carbocycles. The van der Waals surface area contributed by atoms with E-state index in [4.69, 9.17) is 23.7 Å². The molecule has 5 atom stereocenters. The van der Waals surface area contributed by atoms with Gasteiger partial charge in [-0.3, -0.25) is 24.0 Å². The van der Waals surface area contributed by atoms with Crippen LogP contribution in [0.2, 0.25) is 0 Å². The molecule has 3 rings (SSSR count). The number of fused-ring (bicyclic) bond motifs is 1. The lowest BCUT2D eigenvalue weighted by Crippen LogP contribution is -2.43. The zero-order chi connectivity index (χ0) is 29.0. The van der Waals surface area contributed by atoms with E-state index in [1.54, 1.807) is 19.9 Å². The van der Waals surface area contributed by atoms with Crippen LogP contribution in [0.15, 0.2) is 35.4 Å². The van der Waals surface area contributed by atoms with E-state index in [9.17, 15) is 34.2 Å². The van der Waals surface area contributed by atoms with Crippen molar-refractivity contribution in [1.82, 2.24) is 0 Å². The summed E-state index contributed by atoms with van der Waals surface area (Å²) in [6.07, 6.45) is -3.42. The number of hydrogen-bond donors (Lipinski definition) is 2. The molecule has 1 aliphatic carbocycles. The molecule has 0 amide bonds. The zero-order valence-electron chi connectivity index (χ0n) is 22.1. The lowest BCUT2D eigenvalue weighted by atomic mass is 9.85. The zero-order valence-corrected chi connectivity index (χ0v) is 22.1. The van der Waals surface area contributed by atoms with Crippen molar-refractivity contribution in [3.63, 3.8) is 0 Å². The molecule has 1 saturated heterocycles. The topological polar surface area (TPSA) is 172 Å². The first-order valence-corrected chi connectivity index (χ1v) is 12.1. The van der Waals surface area contributed by atoms with Gasteiger partial charge in [0.05, 0.1) is 17.2 Å². The number of benzene rings is 1. The largest absolute Gasteiger partial charge is 0.507 e. The smallest absolute Gasteiger partial charge is 0.303 e. The number of aromatic hydroxyl groups is 2. The molecule has 0 spiro atoms. The van der Waals surface area contributed by atoms with Gasteiger partial charge in [-0.2, -0.15) is 0 Å². The van der Waals surface area contributed by atoms with E-state index in [1.807, 2.05) is 0 Å². The summed E-state index contributed by atoms with van der Waals surface area (Å²) in [5, 5.41) is 20.5. The van der Waals surface area contributed by atoms with Crippen molar-refractivity contribution >= 4 is 29.5 Å². The predicted molar refractivity (Wildman–Crippen MR) is 132 cm³/mol. The fraction of sp³-hybridized carbons (Fsp3) is 0.444. The first kappa shape index (κ1) is 29.5. The number of carbonyl (C=O) groups is 5. The number of allylic oxidation sites excluding steroid dienone is 2. The van der Waals surface area contributed by atoms with Gasteiger partial charge in [-0.25, -0.2) is 0 Å². The highest BCUT2D eigenvalue weighted by molar-refractivity contribution is 6.27. The Hall–Kier alpha value is -4.03. The second-order valence-electron chi connectivity index (χ2n) is 9.28. The normalized spacial score (nSPS) is 22.8. The standard InChI is InChI=1S/C27H30O12/c1-12(2)6-9-20(16-10-19(33)22-17(31)7-8-18(32)23(22)24(16)34)38-27-26(37-15(5)30)25(36-14(4)29)21(39-27)11-35-13(3)28/h6-8,10,20-21,25-27,31-32H,9,11H2,1-5H3/t20?,21-,25-,26-,27-/m1/s1. The van der Waals surface area contributed by atoms with E-state index in [-0.39, 0.29) is 29.7 Å². The number of rotatable bonds is 9. The third-order valence-corrected chi connectivity index (χ3v) is 5.89. The van der Waals surface area contributed by atoms with Crippen LogP contribution in [0.4, 0.5) is 0 Å². The van der Waals surface area contributed by atoms with Gasteiger partial charge in [0.15, 0.2) is 30.1 Å². The van der Waals surface area contributed by atoms with Crippen LogP contribution in [-0.2, 0) is 38.1 Å². The minimum atomic E-state index is -1.42. The Labute approximate surface area is 224 Å². The Balaban J connectivity index is 2.02. The highest BCUT2D eigenvalue weighted by atomic mass is 16.7. The molecular formula is C27H30O12. The Morgan fingerprint density at radius 2 is 1.51 bits per heavy atom. The number of hydrogen-bond acceptors (Lipinski definition) is 12. The van der Waals surface area contributed by atoms with Gasteiger partial charge in [0.2, 0.25) is 0 Å². The van der Waals surface area contributed by atoms with Crippen LogP contribution in [-0.4, -0.2) is 77.0 Å². The van der Waals surface area contributed by atoms with Gasteiger partial charge < -0.3 is 33.9 Å². The number of esters is 3. The number of phenols is 2. The van der Waals surface area contributed by atoms with Gasteiger partial charge in [-0.15, -0.1) is 0 Å². The molecule has 12 nitrogen and oxygen atoms in total. The Morgan fingerprint density at radius 3 is 2.08 bits per heavy atom. The van der Waals surface area contributed by atoms with E-state index in [1.165, 1.54) is 6.92 Å². The SMILES string of the molecule is CC(=O)OC[C@H]1O[C@@H](OC(CC=C(C)C)C2=CC(=O)c3c(O)ccc(O)c3C2=O)[C@H](OC(C)=O)[C@@H]1OC(C)=O. The lowest BCUT2D eigenvalue weighted by molar-refractivity contribution is -0.200. The van der Waals surface area contributed by atoms with E-state index in [0.717, 1.165) is 37.6 Å². The van der Waals surface area contributed by atoms with Crippen LogP contribution < -0.4 is 0 Å². The monoisotopic (exact) mass is 546 g/mol. The molecule has 12 heteroatoms. The average molecular weight is 547 g/mol. The minimum absolute atomic E-state index is 0.0571. The fourth-order valence-corrected chi connectivity index (χ4v) is 4.27. The summed E-state index contributed by atoms with van der Waals surface area (Å²) in [5.41, 5.74) is -0.00804. The molecule has 1 aliphatic heterocycles. The van der Waals surface area contributed by atoms with Gasteiger partial charge in [-0.05, 0) is 38.5 Å². The molecule has 1 heterocycles. The highest BCUT2D eigenvalue weighted by Crippen LogP contribution is 2.38. The minimum Gasteiger partial charge on any atom is -0.507 e. The van der Waals surface area contributed by atoms with Gasteiger partial charge in [-0.1, -0.05) is 11.6 Å². The van der Waals surface area contributed by atoms with Gasteiger partial charge >= 0.3 is 17.9 Å². The van der Waals surface area contributed by atoms with Crippen LogP contribution in [0.25, 0.3) is 0 Å². The number of carbonyl (C=O) groups excluding carboxylic acids is 5. The number of phenolic OH excluding ortho intramolecular Hbond substituents is 2. The van der Waals surface area contributed by atoms with E-state index in [0.29, 0.717) is 0 Å². The molecule has 210 valence electrons. The van der Waals surface area contributed by atoms with Crippen molar-refractivity contribution in [1.29, 1.82) is 0 Å². The molecule has 0 radical (unpaired) electrons. The lowest BCUT2D eigenvalue weighted by Gasteiger charge is -2.28. The molecule has 39 heavy (non-hydrogen) atoms. The Morgan fingerprint density at radius 1 is 0.923 bits per heavy atom. The molecule has 1 unspecified atom stereocenters. The number of ketones is 2. The summed E-state index contributed by atoms with van der Waals surface area (Å²) < 4.78 is 27.7. The van der Waals surface area contributed by atoms with Gasteiger partial charge in [0.25, 0.3) is 0 Å². The fourth-order valence-electron chi connectivity index (χ4n) is 4.27. The molecule has 0 aromatic heterocycles. The van der Waals surface area contributed by atoms with Crippen molar-refractivity contribution in [2.24, 2.45) is 0 Å². The van der Waals surface area contributed by atoms with Crippen LogP contribution in [0.3, 0.4) is 0 Å². The highest BCUT2D eigenvalue weighted by Gasteiger charge is 2.51. The average Bonchev–Trinajstić information content (AvgIpc) is 3.13. The number of ether oxygens (including phenoxy) is 5. The second-order valence-corrected chi connectivity index (χ2v) is 9.28. The predicted octanol–water partition coefficient (Wildman–Crippen LogP) is 2.30. The first-order chi connectivity index (χ1) is 18.3. The van der Waals surface area contributed by atoms with Crippen LogP contribution >= 0.6 is 0 Å². The maximum atomic E-state index is 13.5. The van der Waals surface area contributed by atoms with Crippen molar-refractivity contribution in [3.8, 4) is 11.5 Å². The maximum Gasteiger partial charge on any atom is 0.303 e. The van der Waals surface area contributed by atoms with Crippen LogP contribution in [0.1, 0.15) is 61.8 Å². The van der Waals surface area contributed by atoms with E-state index in [2.05, 4.69) is 0 Å². The van der Waals surface area contributed by atoms with Crippen LogP contribution in [0.5, 0.6) is 11.5 Å². The van der Waals surface area contributed by atoms with Crippen molar-refractivity contribution < 1.29 is 57.9 Å². The summed E-state index contributed by atoms with van der Waals surface area (Å²) >= 11 is 0. The molecule has 2 aliphatic rings. The molecule has 1 fully saturated rings. The van der Waals surface area contributed by atoms with Crippen molar-refractivity contribution in [2.45, 2.75) is 71.7 Å². The Bertz CT molecular complexity index is 1240. The molecule has 0 bridgehead atoms. The summed E-state index contributed by atoms with van der Waals surface area (Å²) in [6, 6.07) is 2.19. The summed E-state index contributed by atoms with van der Waals surface area (Å²) in [6.45, 7) is 6.68.